The highest BCUT2D eigenvalue weighted by Gasteiger charge is 2.39. The third-order valence-electron chi connectivity index (χ3n) is 5.30. The number of fused-ring (bicyclic) bond motifs is 1. The predicted molar refractivity (Wildman–Crippen MR) is 107 cm³/mol. The third kappa shape index (κ3) is 2.51. The third-order valence-corrected chi connectivity index (χ3v) is 6.36. The number of nitrogens with one attached hydrogen (secondary N) is 2. The van der Waals surface area contributed by atoms with Crippen LogP contribution in [0, 0.1) is 6.92 Å². The van der Waals surface area contributed by atoms with Crippen molar-refractivity contribution in [1.29, 1.82) is 0 Å². The van der Waals surface area contributed by atoms with Crippen molar-refractivity contribution in [3.05, 3.63) is 79.4 Å². The summed E-state index contributed by atoms with van der Waals surface area (Å²) in [4.78, 5) is 28.4. The average Bonchev–Trinajstić information content (AvgIpc) is 3.25. The van der Waals surface area contributed by atoms with E-state index in [2.05, 4.69) is 16.5 Å². The van der Waals surface area contributed by atoms with Gasteiger partial charge in [-0.05, 0) is 44.0 Å². The van der Waals surface area contributed by atoms with Crippen molar-refractivity contribution < 1.29 is 4.79 Å². The minimum Gasteiger partial charge on any atom is -0.343 e. The summed E-state index contributed by atoms with van der Waals surface area (Å²) in [5.74, 6) is 0.558. The number of aromatic nitrogens is 2. The lowest BCUT2D eigenvalue weighted by atomic mass is 9.79. The van der Waals surface area contributed by atoms with Gasteiger partial charge in [-0.25, -0.2) is 4.68 Å². The number of thiophene rings is 1. The van der Waals surface area contributed by atoms with Crippen LogP contribution >= 0.6 is 11.3 Å². The molecule has 136 valence electrons. The summed E-state index contributed by atoms with van der Waals surface area (Å²) in [5.41, 5.74) is 3.03. The van der Waals surface area contributed by atoms with E-state index < -0.39 is 0 Å². The number of nitrogens with zero attached hydrogens (tertiary/aromatic N) is 1. The molecule has 5 rings (SSSR count). The molecule has 0 saturated heterocycles. The number of benzene rings is 1. The SMILES string of the molecule is Cc1ccc([C@@H]2C3=C(CCCC3=O)Nc3[nH]n(-c4ccccc4)c(=O)c32)s1. The molecule has 0 amide bonds. The first-order valence-corrected chi connectivity index (χ1v) is 9.95. The minimum absolute atomic E-state index is 0.107. The summed E-state index contributed by atoms with van der Waals surface area (Å²) in [7, 11) is 0. The van der Waals surface area contributed by atoms with Gasteiger partial charge in [-0.15, -0.1) is 11.3 Å². The molecule has 2 aliphatic rings. The van der Waals surface area contributed by atoms with E-state index >= 15 is 0 Å². The molecule has 0 radical (unpaired) electrons. The fourth-order valence-corrected chi connectivity index (χ4v) is 5.09. The Hall–Kier alpha value is -2.86. The molecule has 1 atom stereocenters. The maximum Gasteiger partial charge on any atom is 0.277 e. The minimum atomic E-state index is -0.295. The van der Waals surface area contributed by atoms with Gasteiger partial charge in [-0.1, -0.05) is 18.2 Å². The van der Waals surface area contributed by atoms with E-state index in [4.69, 9.17) is 0 Å². The van der Waals surface area contributed by atoms with Crippen molar-refractivity contribution in [3.8, 4) is 5.69 Å². The number of carbonyl (C=O) groups is 1. The Morgan fingerprint density at radius 1 is 1.07 bits per heavy atom. The number of para-hydroxylation sites is 1. The van der Waals surface area contributed by atoms with Crippen LogP contribution in [0.25, 0.3) is 5.69 Å². The number of carbonyl (C=O) groups excluding carboxylic acids is 1. The van der Waals surface area contributed by atoms with Gasteiger partial charge in [0.2, 0.25) is 0 Å². The van der Waals surface area contributed by atoms with Crippen LogP contribution in [0.5, 0.6) is 0 Å². The number of hydrogen-bond donors (Lipinski definition) is 2. The number of aryl methyl sites for hydroxylation is 1. The maximum atomic E-state index is 13.3. The molecule has 0 saturated carbocycles. The van der Waals surface area contributed by atoms with Gasteiger partial charge < -0.3 is 5.32 Å². The zero-order valence-electron chi connectivity index (χ0n) is 14.9. The summed E-state index contributed by atoms with van der Waals surface area (Å²) in [6.07, 6.45) is 2.23. The molecule has 1 aromatic carbocycles. The van der Waals surface area contributed by atoms with E-state index in [-0.39, 0.29) is 17.3 Å². The number of H-pyrrole nitrogens is 1. The average molecular weight is 377 g/mol. The summed E-state index contributed by atoms with van der Waals surface area (Å²) in [6.45, 7) is 2.05. The van der Waals surface area contributed by atoms with E-state index in [9.17, 15) is 9.59 Å². The van der Waals surface area contributed by atoms with E-state index in [1.54, 1.807) is 16.0 Å². The molecule has 1 aliphatic carbocycles. The summed E-state index contributed by atoms with van der Waals surface area (Å²) >= 11 is 1.65. The molecule has 3 aromatic rings. The number of aromatic amines is 1. The van der Waals surface area contributed by atoms with Crippen LogP contribution in [-0.2, 0) is 4.79 Å². The topological polar surface area (TPSA) is 66.9 Å². The second-order valence-corrected chi connectivity index (χ2v) is 8.37. The Morgan fingerprint density at radius 3 is 2.63 bits per heavy atom. The van der Waals surface area contributed by atoms with Crippen molar-refractivity contribution in [2.45, 2.75) is 32.1 Å². The van der Waals surface area contributed by atoms with Gasteiger partial charge in [0.25, 0.3) is 5.56 Å². The number of rotatable bonds is 2. The summed E-state index contributed by atoms with van der Waals surface area (Å²) in [5, 5.41) is 6.58. The molecule has 27 heavy (non-hydrogen) atoms. The first kappa shape index (κ1) is 16.3. The highest BCUT2D eigenvalue weighted by atomic mass is 32.1. The van der Waals surface area contributed by atoms with Crippen LogP contribution in [-0.4, -0.2) is 15.6 Å². The number of Topliss-reactive ketones (excluding diaryl/α,β-unsaturated/α-hetero) is 1. The van der Waals surface area contributed by atoms with Crippen molar-refractivity contribution in [1.82, 2.24) is 9.78 Å². The molecule has 2 N–H and O–H groups in total. The van der Waals surface area contributed by atoms with Crippen molar-refractivity contribution in [2.75, 3.05) is 5.32 Å². The Morgan fingerprint density at radius 2 is 1.89 bits per heavy atom. The van der Waals surface area contributed by atoms with Gasteiger partial charge in [0, 0.05) is 27.4 Å². The number of anilines is 1. The van der Waals surface area contributed by atoms with Crippen molar-refractivity contribution >= 4 is 22.9 Å². The van der Waals surface area contributed by atoms with Crippen LogP contribution in [0.2, 0.25) is 0 Å². The fraction of sp³-hybridized carbons (Fsp3) is 0.238. The lowest BCUT2D eigenvalue weighted by Crippen LogP contribution is -2.29. The molecule has 1 aliphatic heterocycles. The maximum absolute atomic E-state index is 13.3. The van der Waals surface area contributed by atoms with Gasteiger partial charge in [0.15, 0.2) is 5.78 Å². The van der Waals surface area contributed by atoms with Crippen molar-refractivity contribution in [3.63, 3.8) is 0 Å². The lowest BCUT2D eigenvalue weighted by Gasteiger charge is -2.30. The zero-order chi connectivity index (χ0) is 18.5. The van der Waals surface area contributed by atoms with Crippen LogP contribution in [0.15, 0.2) is 58.5 Å². The Kier molecular flexibility index (Phi) is 3.68. The molecule has 5 nitrogen and oxygen atoms in total. The quantitative estimate of drug-likeness (QED) is 0.707. The van der Waals surface area contributed by atoms with Crippen molar-refractivity contribution in [2.24, 2.45) is 0 Å². The Bertz CT molecular complexity index is 1130. The number of hydrogen-bond acceptors (Lipinski definition) is 4. The fourth-order valence-electron chi connectivity index (χ4n) is 4.09. The van der Waals surface area contributed by atoms with Crippen LogP contribution in [0.4, 0.5) is 5.82 Å². The molecular weight excluding hydrogens is 358 g/mol. The molecule has 2 aromatic heterocycles. The van der Waals surface area contributed by atoms with Crippen LogP contribution in [0.1, 0.15) is 40.5 Å². The smallest absolute Gasteiger partial charge is 0.277 e. The highest BCUT2D eigenvalue weighted by molar-refractivity contribution is 7.12. The van der Waals surface area contributed by atoms with E-state index in [1.165, 1.54) is 4.88 Å². The van der Waals surface area contributed by atoms with Gasteiger partial charge in [-0.3, -0.25) is 14.7 Å². The zero-order valence-corrected chi connectivity index (χ0v) is 15.7. The molecule has 0 unspecified atom stereocenters. The number of allylic oxidation sites excluding steroid dienone is 2. The molecule has 0 fully saturated rings. The summed E-state index contributed by atoms with van der Waals surface area (Å²) in [6, 6.07) is 13.6. The van der Waals surface area contributed by atoms with Gasteiger partial charge >= 0.3 is 0 Å². The monoisotopic (exact) mass is 377 g/mol. The second-order valence-electron chi connectivity index (χ2n) is 7.05. The Labute approximate surface area is 160 Å². The molecule has 3 heterocycles. The number of ketones is 1. The lowest BCUT2D eigenvalue weighted by molar-refractivity contribution is -0.116. The highest BCUT2D eigenvalue weighted by Crippen LogP contribution is 2.45. The van der Waals surface area contributed by atoms with Gasteiger partial charge in [-0.2, -0.15) is 0 Å². The molecule has 0 spiro atoms. The van der Waals surface area contributed by atoms with Gasteiger partial charge in [0.1, 0.15) is 5.82 Å². The first-order valence-electron chi connectivity index (χ1n) is 9.13. The van der Waals surface area contributed by atoms with E-state index in [1.807, 2.05) is 43.3 Å². The molecular formula is C21H19N3O2S. The first-order chi connectivity index (χ1) is 13.1. The normalized spacial score (nSPS) is 18.9. The molecule has 0 bridgehead atoms. The van der Waals surface area contributed by atoms with E-state index in [0.29, 0.717) is 17.8 Å². The second kappa shape index (κ2) is 6.09. The Balaban J connectivity index is 1.75. The molecule has 6 heteroatoms. The predicted octanol–water partition coefficient (Wildman–Crippen LogP) is 4.10. The standard InChI is InChI=1S/C21H19N3O2S/c1-12-10-11-16(27-12)18-17-14(8-5-9-15(17)25)22-20-19(18)21(26)24(23-20)13-6-3-2-4-7-13/h2-4,6-7,10-11,18,22-23H,5,8-9H2,1H3/t18-/m1/s1. The van der Waals surface area contributed by atoms with Crippen LogP contribution in [0.3, 0.4) is 0 Å². The van der Waals surface area contributed by atoms with E-state index in [0.717, 1.165) is 34.7 Å². The van der Waals surface area contributed by atoms with Crippen LogP contribution < -0.4 is 10.9 Å². The largest absolute Gasteiger partial charge is 0.343 e. The van der Waals surface area contributed by atoms with Gasteiger partial charge in [0.05, 0.1) is 17.2 Å². The summed E-state index contributed by atoms with van der Waals surface area (Å²) < 4.78 is 1.56.